The van der Waals surface area contributed by atoms with Crippen LogP contribution in [-0.2, 0) is 0 Å². The van der Waals surface area contributed by atoms with Gasteiger partial charge in [-0.15, -0.1) is 0 Å². The summed E-state index contributed by atoms with van der Waals surface area (Å²) in [5.74, 6) is 0. The fourth-order valence-corrected chi connectivity index (χ4v) is 2.37. The van der Waals surface area contributed by atoms with Crippen LogP contribution in [0, 0.1) is 5.41 Å². The Morgan fingerprint density at radius 3 is 2.35 bits per heavy atom. The van der Waals surface area contributed by atoms with E-state index in [1.54, 1.807) is 4.90 Å². The first-order valence-electron chi connectivity index (χ1n) is 6.06. The smallest absolute Gasteiger partial charge is 0.407 e. The zero-order valence-corrected chi connectivity index (χ0v) is 11.2. The van der Waals surface area contributed by atoms with Crippen LogP contribution >= 0.6 is 0 Å². The summed E-state index contributed by atoms with van der Waals surface area (Å²) >= 11 is 0. The second-order valence-corrected chi connectivity index (χ2v) is 5.96. The molecule has 0 aliphatic carbocycles. The number of nitrogens with zero attached hydrogens (tertiary/aromatic N) is 2. The van der Waals surface area contributed by atoms with Crippen molar-refractivity contribution in [3.05, 3.63) is 0 Å². The number of piperazine rings is 1. The molecular weight excluding hydrogens is 220 g/mol. The molecule has 0 bridgehead atoms. The lowest BCUT2D eigenvalue weighted by molar-refractivity contribution is -0.0466. The maximum atomic E-state index is 11.3. The molecule has 0 aromatic heterocycles. The van der Waals surface area contributed by atoms with Crippen molar-refractivity contribution in [2.45, 2.75) is 33.2 Å². The summed E-state index contributed by atoms with van der Waals surface area (Å²) in [5.41, 5.74) is -0.564. The number of aliphatic hydroxyl groups is 1. The minimum Gasteiger partial charge on any atom is -0.465 e. The van der Waals surface area contributed by atoms with Gasteiger partial charge in [-0.3, -0.25) is 9.80 Å². The van der Waals surface area contributed by atoms with E-state index in [2.05, 4.69) is 25.7 Å². The standard InChI is InChI=1S/C12H24N2O3/c1-11(2,3)12(4)9-13(7-8-15)5-6-14(12)10(16)17/h15H,5-9H2,1-4H3,(H,16,17). The van der Waals surface area contributed by atoms with Gasteiger partial charge in [0.15, 0.2) is 0 Å². The van der Waals surface area contributed by atoms with Crippen molar-refractivity contribution in [2.24, 2.45) is 5.41 Å². The van der Waals surface area contributed by atoms with E-state index in [-0.39, 0.29) is 12.0 Å². The highest BCUT2D eigenvalue weighted by atomic mass is 16.4. The SMILES string of the molecule is CC(C)(C)C1(C)CN(CCO)CCN1C(=O)O. The van der Waals surface area contributed by atoms with Gasteiger partial charge in [0.1, 0.15) is 0 Å². The second-order valence-electron chi connectivity index (χ2n) is 5.96. The van der Waals surface area contributed by atoms with Crippen molar-refractivity contribution < 1.29 is 15.0 Å². The lowest BCUT2D eigenvalue weighted by Gasteiger charge is -2.54. The first-order chi connectivity index (χ1) is 7.72. The molecule has 1 fully saturated rings. The van der Waals surface area contributed by atoms with Crippen LogP contribution in [0.4, 0.5) is 4.79 Å². The minimum atomic E-state index is -0.855. The summed E-state index contributed by atoms with van der Waals surface area (Å²) < 4.78 is 0. The lowest BCUT2D eigenvalue weighted by Crippen LogP contribution is -2.67. The van der Waals surface area contributed by atoms with E-state index in [1.165, 1.54) is 0 Å². The topological polar surface area (TPSA) is 64.0 Å². The Morgan fingerprint density at radius 2 is 1.94 bits per heavy atom. The Bertz CT molecular complexity index is 288. The lowest BCUT2D eigenvalue weighted by atomic mass is 9.72. The number of carboxylic acid groups (broad SMARTS) is 1. The highest BCUT2D eigenvalue weighted by Crippen LogP contribution is 2.38. The van der Waals surface area contributed by atoms with Crippen LogP contribution in [0.25, 0.3) is 0 Å². The number of hydrogen-bond acceptors (Lipinski definition) is 3. The predicted molar refractivity (Wildman–Crippen MR) is 66.1 cm³/mol. The van der Waals surface area contributed by atoms with Gasteiger partial charge in [-0.1, -0.05) is 20.8 Å². The third-order valence-electron chi connectivity index (χ3n) is 4.03. The van der Waals surface area contributed by atoms with Gasteiger partial charge in [-0.25, -0.2) is 4.79 Å². The first kappa shape index (κ1) is 14.3. The quantitative estimate of drug-likeness (QED) is 0.763. The van der Waals surface area contributed by atoms with Gasteiger partial charge in [0, 0.05) is 26.2 Å². The van der Waals surface area contributed by atoms with Gasteiger partial charge in [0.25, 0.3) is 0 Å². The van der Waals surface area contributed by atoms with Gasteiger partial charge in [0.2, 0.25) is 0 Å². The van der Waals surface area contributed by atoms with Crippen LogP contribution in [-0.4, -0.2) is 64.4 Å². The predicted octanol–water partition coefficient (Wildman–Crippen LogP) is 1.08. The molecular formula is C12H24N2O3. The molecule has 1 aliphatic heterocycles. The van der Waals surface area contributed by atoms with E-state index in [9.17, 15) is 9.90 Å². The average Bonchev–Trinajstić information content (AvgIpc) is 2.15. The van der Waals surface area contributed by atoms with Crippen molar-refractivity contribution in [3.63, 3.8) is 0 Å². The summed E-state index contributed by atoms with van der Waals surface area (Å²) in [7, 11) is 0. The number of aliphatic hydroxyl groups excluding tert-OH is 1. The maximum Gasteiger partial charge on any atom is 0.407 e. The molecule has 0 aromatic rings. The van der Waals surface area contributed by atoms with Crippen LogP contribution in [0.3, 0.4) is 0 Å². The molecule has 2 N–H and O–H groups in total. The summed E-state index contributed by atoms with van der Waals surface area (Å²) in [5, 5.41) is 18.3. The third-order valence-corrected chi connectivity index (χ3v) is 4.03. The molecule has 0 aromatic carbocycles. The summed E-state index contributed by atoms with van der Waals surface area (Å²) in [6.07, 6.45) is -0.855. The van der Waals surface area contributed by atoms with Gasteiger partial charge in [0.05, 0.1) is 12.1 Å². The maximum absolute atomic E-state index is 11.3. The number of rotatable bonds is 2. The first-order valence-corrected chi connectivity index (χ1v) is 6.06. The number of amides is 1. The average molecular weight is 244 g/mol. The van der Waals surface area contributed by atoms with Crippen LogP contribution in [0.5, 0.6) is 0 Å². The molecule has 1 aliphatic rings. The van der Waals surface area contributed by atoms with Crippen LogP contribution < -0.4 is 0 Å². The highest BCUT2D eigenvalue weighted by molar-refractivity contribution is 5.66. The fraction of sp³-hybridized carbons (Fsp3) is 0.917. The van der Waals surface area contributed by atoms with E-state index >= 15 is 0 Å². The Kier molecular flexibility index (Phi) is 4.04. The zero-order chi connectivity index (χ0) is 13.3. The van der Waals surface area contributed by atoms with E-state index in [0.717, 1.165) is 0 Å². The Morgan fingerprint density at radius 1 is 1.35 bits per heavy atom. The van der Waals surface area contributed by atoms with Crippen molar-refractivity contribution >= 4 is 6.09 Å². The minimum absolute atomic E-state index is 0.118. The Hall–Kier alpha value is -0.810. The second kappa shape index (κ2) is 4.82. The summed E-state index contributed by atoms with van der Waals surface area (Å²) in [4.78, 5) is 15.0. The number of hydrogen-bond donors (Lipinski definition) is 2. The monoisotopic (exact) mass is 244 g/mol. The van der Waals surface area contributed by atoms with Gasteiger partial charge < -0.3 is 10.2 Å². The van der Waals surface area contributed by atoms with Crippen molar-refractivity contribution in [3.8, 4) is 0 Å². The van der Waals surface area contributed by atoms with Crippen LogP contribution in [0.15, 0.2) is 0 Å². The van der Waals surface area contributed by atoms with Crippen molar-refractivity contribution in [1.29, 1.82) is 0 Å². The molecule has 0 saturated carbocycles. The molecule has 1 saturated heterocycles. The van der Waals surface area contributed by atoms with Crippen molar-refractivity contribution in [1.82, 2.24) is 9.80 Å². The molecule has 5 nitrogen and oxygen atoms in total. The molecule has 1 unspecified atom stereocenters. The van der Waals surface area contributed by atoms with E-state index in [0.29, 0.717) is 26.2 Å². The number of β-amino-alcohol motifs (C(OH)–C–C–N with tert-alkyl or cyclic N) is 1. The zero-order valence-electron chi connectivity index (χ0n) is 11.2. The third kappa shape index (κ3) is 2.72. The fourth-order valence-electron chi connectivity index (χ4n) is 2.37. The van der Waals surface area contributed by atoms with Crippen LogP contribution in [0.1, 0.15) is 27.7 Å². The Labute approximate surface area is 103 Å². The largest absolute Gasteiger partial charge is 0.465 e. The number of carbonyl (C=O) groups is 1. The van der Waals surface area contributed by atoms with Gasteiger partial charge in [-0.2, -0.15) is 0 Å². The molecule has 1 rings (SSSR count). The molecule has 17 heavy (non-hydrogen) atoms. The molecule has 1 amide bonds. The van der Waals surface area contributed by atoms with Gasteiger partial charge >= 0.3 is 6.09 Å². The van der Waals surface area contributed by atoms with E-state index < -0.39 is 11.6 Å². The molecule has 1 heterocycles. The van der Waals surface area contributed by atoms with Crippen LogP contribution in [0.2, 0.25) is 0 Å². The molecule has 5 heteroatoms. The van der Waals surface area contributed by atoms with Gasteiger partial charge in [-0.05, 0) is 12.3 Å². The molecule has 1 atom stereocenters. The summed E-state index contributed by atoms with van der Waals surface area (Å²) in [6.45, 7) is 10.8. The normalized spacial score (nSPS) is 27.2. The summed E-state index contributed by atoms with van der Waals surface area (Å²) in [6, 6.07) is 0. The Balaban J connectivity index is 2.95. The molecule has 100 valence electrons. The molecule has 0 radical (unpaired) electrons. The van der Waals surface area contributed by atoms with E-state index in [1.807, 2.05) is 6.92 Å². The van der Waals surface area contributed by atoms with E-state index in [4.69, 9.17) is 5.11 Å². The molecule has 0 spiro atoms. The van der Waals surface area contributed by atoms with Crippen molar-refractivity contribution in [2.75, 3.05) is 32.8 Å². The highest BCUT2D eigenvalue weighted by Gasteiger charge is 2.48.